The molecule has 0 saturated carbocycles. The normalized spacial score (nSPS) is 14.4. The van der Waals surface area contributed by atoms with Gasteiger partial charge in [0, 0.05) is 18.2 Å². The fourth-order valence-corrected chi connectivity index (χ4v) is 2.75. The fourth-order valence-electron chi connectivity index (χ4n) is 2.75. The summed E-state index contributed by atoms with van der Waals surface area (Å²) in [5.41, 5.74) is 2.23. The van der Waals surface area contributed by atoms with Crippen molar-refractivity contribution in [3.8, 4) is 11.5 Å². The molecular weight excluding hydrogens is 372 g/mol. The number of anilines is 1. The predicted octanol–water partition coefficient (Wildman–Crippen LogP) is 3.79. The Morgan fingerprint density at radius 1 is 1.07 bits per heavy atom. The molecule has 0 aromatic heterocycles. The minimum absolute atomic E-state index is 0.158. The zero-order valence-corrected chi connectivity index (χ0v) is 16.5. The van der Waals surface area contributed by atoms with Gasteiger partial charge in [0.2, 0.25) is 11.8 Å². The van der Waals surface area contributed by atoms with Crippen molar-refractivity contribution in [1.82, 2.24) is 0 Å². The Bertz CT molecular complexity index is 977. The summed E-state index contributed by atoms with van der Waals surface area (Å²) in [4.78, 5) is 27.7. The number of amides is 1. The smallest absolute Gasteiger partial charge is 0.363 e. The second-order valence-electron chi connectivity index (χ2n) is 6.17. The number of cyclic esters (lactones) is 1. The molecule has 29 heavy (non-hydrogen) atoms. The fraction of sp³-hybridized carbons (Fsp3) is 0.227. The van der Waals surface area contributed by atoms with Gasteiger partial charge in [0.25, 0.3) is 0 Å². The molecule has 0 radical (unpaired) electrons. The van der Waals surface area contributed by atoms with E-state index < -0.39 is 5.97 Å². The number of benzene rings is 2. The van der Waals surface area contributed by atoms with E-state index in [1.54, 1.807) is 42.5 Å². The largest absolute Gasteiger partial charge is 0.490 e. The third kappa shape index (κ3) is 5.01. The molecule has 1 aliphatic heterocycles. The Hall–Kier alpha value is -3.61. The highest BCUT2D eigenvalue weighted by Crippen LogP contribution is 2.30. The first-order valence-electron chi connectivity index (χ1n) is 9.30. The van der Waals surface area contributed by atoms with Crippen molar-refractivity contribution in [3.05, 3.63) is 59.3 Å². The van der Waals surface area contributed by atoms with Crippen molar-refractivity contribution < 1.29 is 23.8 Å². The number of hydrogen-bond donors (Lipinski definition) is 1. The zero-order valence-electron chi connectivity index (χ0n) is 16.5. The van der Waals surface area contributed by atoms with E-state index in [9.17, 15) is 9.59 Å². The van der Waals surface area contributed by atoms with Gasteiger partial charge < -0.3 is 19.5 Å². The molecule has 0 fully saturated rings. The number of aliphatic imine (C=N–C) groups is 1. The molecule has 1 amide bonds. The Labute approximate surface area is 169 Å². The van der Waals surface area contributed by atoms with E-state index in [0.29, 0.717) is 36.0 Å². The van der Waals surface area contributed by atoms with Crippen LogP contribution in [-0.4, -0.2) is 31.0 Å². The van der Waals surface area contributed by atoms with Crippen molar-refractivity contribution in [1.29, 1.82) is 0 Å². The van der Waals surface area contributed by atoms with Gasteiger partial charge in [0.15, 0.2) is 17.2 Å². The van der Waals surface area contributed by atoms with Crippen LogP contribution in [0.3, 0.4) is 0 Å². The second-order valence-corrected chi connectivity index (χ2v) is 6.17. The monoisotopic (exact) mass is 394 g/mol. The Kier molecular flexibility index (Phi) is 6.29. The predicted molar refractivity (Wildman–Crippen MR) is 110 cm³/mol. The van der Waals surface area contributed by atoms with Crippen LogP contribution < -0.4 is 14.8 Å². The van der Waals surface area contributed by atoms with Crippen molar-refractivity contribution in [2.24, 2.45) is 4.99 Å². The van der Waals surface area contributed by atoms with Gasteiger partial charge in [-0.15, -0.1) is 0 Å². The molecule has 1 heterocycles. The van der Waals surface area contributed by atoms with E-state index in [4.69, 9.17) is 14.2 Å². The lowest BCUT2D eigenvalue weighted by Gasteiger charge is -2.11. The molecule has 0 unspecified atom stereocenters. The SMILES string of the molecule is CCOc1ccc(/C=C2\N=C(c3ccc(NC(C)=O)cc3)OC2=O)cc1OCC. The van der Waals surface area contributed by atoms with Crippen LogP contribution in [0.25, 0.3) is 6.08 Å². The molecule has 2 aromatic rings. The van der Waals surface area contributed by atoms with E-state index in [-0.39, 0.29) is 17.5 Å². The minimum atomic E-state index is -0.530. The van der Waals surface area contributed by atoms with Gasteiger partial charge in [0.05, 0.1) is 13.2 Å². The maximum atomic E-state index is 12.2. The molecule has 2 aromatic carbocycles. The first-order valence-corrected chi connectivity index (χ1v) is 9.30. The summed E-state index contributed by atoms with van der Waals surface area (Å²) < 4.78 is 16.5. The lowest BCUT2D eigenvalue weighted by atomic mass is 10.1. The number of rotatable bonds is 7. The molecule has 150 valence electrons. The number of hydrogen-bond acceptors (Lipinski definition) is 6. The van der Waals surface area contributed by atoms with Gasteiger partial charge in [-0.05, 0) is 61.9 Å². The van der Waals surface area contributed by atoms with Crippen molar-refractivity contribution >= 4 is 29.5 Å². The molecule has 1 aliphatic rings. The third-order valence-electron chi connectivity index (χ3n) is 3.94. The summed E-state index contributed by atoms with van der Waals surface area (Å²) in [5.74, 6) is 0.778. The van der Waals surface area contributed by atoms with Crippen molar-refractivity contribution in [3.63, 3.8) is 0 Å². The summed E-state index contributed by atoms with van der Waals surface area (Å²) in [5, 5.41) is 2.68. The van der Waals surface area contributed by atoms with Gasteiger partial charge >= 0.3 is 5.97 Å². The lowest BCUT2D eigenvalue weighted by molar-refractivity contribution is -0.129. The minimum Gasteiger partial charge on any atom is -0.490 e. The summed E-state index contributed by atoms with van der Waals surface area (Å²) in [6.07, 6.45) is 1.64. The van der Waals surface area contributed by atoms with Gasteiger partial charge in [-0.2, -0.15) is 0 Å². The lowest BCUT2D eigenvalue weighted by Crippen LogP contribution is -2.07. The molecule has 0 bridgehead atoms. The molecule has 7 nitrogen and oxygen atoms in total. The quantitative estimate of drug-likeness (QED) is 0.570. The van der Waals surface area contributed by atoms with Crippen LogP contribution in [0, 0.1) is 0 Å². The Balaban J connectivity index is 1.84. The van der Waals surface area contributed by atoms with Crippen molar-refractivity contribution in [2.75, 3.05) is 18.5 Å². The number of carbonyl (C=O) groups excluding carboxylic acids is 2. The van der Waals surface area contributed by atoms with Crippen LogP contribution in [0.2, 0.25) is 0 Å². The van der Waals surface area contributed by atoms with E-state index >= 15 is 0 Å². The maximum absolute atomic E-state index is 12.2. The van der Waals surface area contributed by atoms with E-state index in [0.717, 1.165) is 5.56 Å². The number of nitrogens with one attached hydrogen (secondary N) is 1. The van der Waals surface area contributed by atoms with Crippen molar-refractivity contribution in [2.45, 2.75) is 20.8 Å². The Morgan fingerprint density at radius 2 is 1.76 bits per heavy atom. The summed E-state index contributed by atoms with van der Waals surface area (Å²) in [6, 6.07) is 12.3. The first kappa shape index (κ1) is 20.1. The second kappa shape index (κ2) is 9.05. The molecular formula is C22H22N2O5. The summed E-state index contributed by atoms with van der Waals surface area (Å²) in [7, 11) is 0. The number of nitrogens with zero attached hydrogens (tertiary/aromatic N) is 1. The van der Waals surface area contributed by atoms with Crippen LogP contribution in [0.15, 0.2) is 53.2 Å². The van der Waals surface area contributed by atoms with Gasteiger partial charge in [-0.25, -0.2) is 9.79 Å². The number of esters is 1. The number of ether oxygens (including phenoxy) is 3. The van der Waals surface area contributed by atoms with Gasteiger partial charge in [-0.3, -0.25) is 4.79 Å². The molecule has 1 N–H and O–H groups in total. The van der Waals surface area contributed by atoms with Crippen LogP contribution >= 0.6 is 0 Å². The maximum Gasteiger partial charge on any atom is 0.363 e. The molecule has 0 atom stereocenters. The van der Waals surface area contributed by atoms with Gasteiger partial charge in [-0.1, -0.05) is 6.07 Å². The van der Waals surface area contributed by atoms with Crippen LogP contribution in [0.4, 0.5) is 5.69 Å². The number of carbonyl (C=O) groups is 2. The molecule has 7 heteroatoms. The van der Waals surface area contributed by atoms with Gasteiger partial charge in [0.1, 0.15) is 0 Å². The summed E-state index contributed by atoms with van der Waals surface area (Å²) in [6.45, 7) is 6.26. The highest BCUT2D eigenvalue weighted by atomic mass is 16.6. The summed E-state index contributed by atoms with van der Waals surface area (Å²) >= 11 is 0. The van der Waals surface area contributed by atoms with E-state index in [1.165, 1.54) is 6.92 Å². The highest BCUT2D eigenvalue weighted by Gasteiger charge is 2.24. The molecule has 3 rings (SSSR count). The molecule has 0 saturated heterocycles. The zero-order chi connectivity index (χ0) is 20.8. The molecule has 0 spiro atoms. The highest BCUT2D eigenvalue weighted by molar-refractivity contribution is 6.13. The van der Waals surface area contributed by atoms with Crippen LogP contribution in [-0.2, 0) is 14.3 Å². The van der Waals surface area contributed by atoms with E-state index in [1.807, 2.05) is 19.9 Å². The first-order chi connectivity index (χ1) is 14.0. The average molecular weight is 394 g/mol. The topological polar surface area (TPSA) is 86.2 Å². The van der Waals surface area contributed by atoms with Crippen LogP contribution in [0.5, 0.6) is 11.5 Å². The Morgan fingerprint density at radius 3 is 2.41 bits per heavy atom. The van der Waals surface area contributed by atoms with E-state index in [2.05, 4.69) is 10.3 Å². The van der Waals surface area contributed by atoms with Crippen LogP contribution in [0.1, 0.15) is 31.9 Å². The standard InChI is InChI=1S/C22H22N2O5/c1-4-27-19-11-6-15(13-20(19)28-5-2)12-18-22(26)29-21(24-18)16-7-9-17(10-8-16)23-14(3)25/h6-13H,4-5H2,1-3H3,(H,23,25)/b18-12-. The third-order valence-corrected chi connectivity index (χ3v) is 3.94. The molecule has 0 aliphatic carbocycles. The average Bonchev–Trinajstić information content (AvgIpc) is 3.05.